The summed E-state index contributed by atoms with van der Waals surface area (Å²) in [5.74, 6) is -0.0443. The van der Waals surface area contributed by atoms with Crippen LogP contribution in [0.4, 0.5) is 0 Å². The van der Waals surface area contributed by atoms with Crippen LogP contribution in [0.15, 0.2) is 24.3 Å². The molecule has 0 bridgehead atoms. The van der Waals surface area contributed by atoms with Crippen LogP contribution in [-0.2, 0) is 11.3 Å². The molecule has 20 heavy (non-hydrogen) atoms. The van der Waals surface area contributed by atoms with Gasteiger partial charge in [0.25, 0.3) is 5.91 Å². The summed E-state index contributed by atoms with van der Waals surface area (Å²) >= 11 is 0. The standard InChI is InChI=1S/C15H23N3O2/c1-18(2)10-11-4-6-12(7-5-11)15(19)17-13-8-16-9-14(13)20-3/h4-7,13-14,16H,8-10H2,1-3H3,(H,17,19)/t13-,14+/m1/s1. The largest absolute Gasteiger partial charge is 0.378 e. The average molecular weight is 277 g/mol. The first kappa shape index (κ1) is 15.0. The number of rotatable bonds is 5. The minimum atomic E-state index is -0.0443. The van der Waals surface area contributed by atoms with Gasteiger partial charge in [-0.05, 0) is 31.8 Å². The molecule has 2 N–H and O–H groups in total. The number of hydrogen-bond acceptors (Lipinski definition) is 4. The van der Waals surface area contributed by atoms with Crippen LogP contribution in [0.25, 0.3) is 0 Å². The van der Waals surface area contributed by atoms with Crippen molar-refractivity contribution >= 4 is 5.91 Å². The summed E-state index contributed by atoms with van der Waals surface area (Å²) in [5.41, 5.74) is 1.89. The number of methoxy groups -OCH3 is 1. The van der Waals surface area contributed by atoms with Crippen molar-refractivity contribution in [3.8, 4) is 0 Å². The zero-order chi connectivity index (χ0) is 14.5. The SMILES string of the molecule is CO[C@H]1CNC[C@H]1NC(=O)c1ccc(CN(C)C)cc1. The summed E-state index contributed by atoms with van der Waals surface area (Å²) in [6, 6.07) is 7.77. The predicted octanol–water partition coefficient (Wildman–Crippen LogP) is 0.465. The van der Waals surface area contributed by atoms with E-state index in [4.69, 9.17) is 4.74 Å². The van der Waals surface area contributed by atoms with E-state index in [-0.39, 0.29) is 18.1 Å². The van der Waals surface area contributed by atoms with Crippen molar-refractivity contribution in [3.05, 3.63) is 35.4 Å². The summed E-state index contributed by atoms with van der Waals surface area (Å²) in [6.07, 6.45) is 0.0481. The molecule has 1 aromatic carbocycles. The smallest absolute Gasteiger partial charge is 0.251 e. The minimum Gasteiger partial charge on any atom is -0.378 e. The van der Waals surface area contributed by atoms with Gasteiger partial charge in [-0.2, -0.15) is 0 Å². The van der Waals surface area contributed by atoms with E-state index in [2.05, 4.69) is 15.5 Å². The highest BCUT2D eigenvalue weighted by atomic mass is 16.5. The van der Waals surface area contributed by atoms with Crippen LogP contribution in [0.5, 0.6) is 0 Å². The topological polar surface area (TPSA) is 53.6 Å². The Morgan fingerprint density at radius 3 is 2.65 bits per heavy atom. The van der Waals surface area contributed by atoms with Gasteiger partial charge in [0.1, 0.15) is 0 Å². The van der Waals surface area contributed by atoms with E-state index in [0.29, 0.717) is 5.56 Å². The summed E-state index contributed by atoms with van der Waals surface area (Å²) < 4.78 is 5.34. The van der Waals surface area contributed by atoms with Crippen molar-refractivity contribution in [1.82, 2.24) is 15.5 Å². The van der Waals surface area contributed by atoms with E-state index < -0.39 is 0 Å². The summed E-state index contributed by atoms with van der Waals surface area (Å²) in [4.78, 5) is 14.3. The minimum absolute atomic E-state index is 0.0361. The van der Waals surface area contributed by atoms with Crippen LogP contribution in [0, 0.1) is 0 Å². The third-order valence-electron chi connectivity index (χ3n) is 3.49. The molecule has 0 radical (unpaired) electrons. The molecule has 1 amide bonds. The molecule has 1 heterocycles. The summed E-state index contributed by atoms with van der Waals surface area (Å²) in [6.45, 7) is 2.41. The normalized spacial score (nSPS) is 22.2. The van der Waals surface area contributed by atoms with Crippen molar-refractivity contribution in [3.63, 3.8) is 0 Å². The van der Waals surface area contributed by atoms with E-state index in [1.807, 2.05) is 38.4 Å². The summed E-state index contributed by atoms with van der Waals surface area (Å²) in [7, 11) is 5.73. The fourth-order valence-corrected chi connectivity index (χ4v) is 2.42. The molecule has 1 aliphatic heterocycles. The third-order valence-corrected chi connectivity index (χ3v) is 3.49. The molecule has 5 nitrogen and oxygen atoms in total. The number of ether oxygens (including phenoxy) is 1. The lowest BCUT2D eigenvalue weighted by atomic mass is 10.1. The molecule has 0 aliphatic carbocycles. The molecular weight excluding hydrogens is 254 g/mol. The zero-order valence-electron chi connectivity index (χ0n) is 12.3. The Kier molecular flexibility index (Phi) is 5.11. The number of benzene rings is 1. The molecule has 0 spiro atoms. The number of nitrogens with one attached hydrogen (secondary N) is 2. The Hall–Kier alpha value is -1.43. The molecule has 0 unspecified atom stereocenters. The van der Waals surface area contributed by atoms with E-state index in [1.165, 1.54) is 5.56 Å². The van der Waals surface area contributed by atoms with E-state index in [1.54, 1.807) is 7.11 Å². The van der Waals surface area contributed by atoms with Gasteiger partial charge in [-0.15, -0.1) is 0 Å². The van der Waals surface area contributed by atoms with Gasteiger partial charge in [0.2, 0.25) is 0 Å². The van der Waals surface area contributed by atoms with Crippen molar-refractivity contribution < 1.29 is 9.53 Å². The zero-order valence-corrected chi connectivity index (χ0v) is 12.3. The van der Waals surface area contributed by atoms with Gasteiger partial charge in [-0.1, -0.05) is 12.1 Å². The quantitative estimate of drug-likeness (QED) is 0.821. The predicted molar refractivity (Wildman–Crippen MR) is 78.8 cm³/mol. The van der Waals surface area contributed by atoms with E-state index >= 15 is 0 Å². The fraction of sp³-hybridized carbons (Fsp3) is 0.533. The van der Waals surface area contributed by atoms with Crippen LogP contribution >= 0.6 is 0 Å². The highest BCUT2D eigenvalue weighted by molar-refractivity contribution is 5.94. The molecule has 5 heteroatoms. The Labute approximate surface area is 120 Å². The van der Waals surface area contributed by atoms with Gasteiger partial charge in [-0.25, -0.2) is 0 Å². The lowest BCUT2D eigenvalue weighted by Crippen LogP contribution is -2.43. The van der Waals surface area contributed by atoms with Crippen LogP contribution in [0.1, 0.15) is 15.9 Å². The van der Waals surface area contributed by atoms with Crippen molar-refractivity contribution in [2.75, 3.05) is 34.3 Å². The van der Waals surface area contributed by atoms with Gasteiger partial charge in [-0.3, -0.25) is 4.79 Å². The Bertz CT molecular complexity index is 445. The van der Waals surface area contributed by atoms with Crippen molar-refractivity contribution in [2.24, 2.45) is 0 Å². The van der Waals surface area contributed by atoms with Crippen molar-refractivity contribution in [1.29, 1.82) is 0 Å². The maximum atomic E-state index is 12.2. The van der Waals surface area contributed by atoms with Gasteiger partial charge in [0, 0.05) is 32.3 Å². The fourth-order valence-electron chi connectivity index (χ4n) is 2.42. The lowest BCUT2D eigenvalue weighted by Gasteiger charge is -2.18. The van der Waals surface area contributed by atoms with Crippen LogP contribution in [-0.4, -0.2) is 57.2 Å². The molecule has 1 aromatic rings. The molecule has 0 saturated carbocycles. The van der Waals surface area contributed by atoms with Crippen LogP contribution < -0.4 is 10.6 Å². The average Bonchev–Trinajstić information content (AvgIpc) is 2.86. The first-order valence-electron chi connectivity index (χ1n) is 6.88. The molecule has 110 valence electrons. The second kappa shape index (κ2) is 6.83. The highest BCUT2D eigenvalue weighted by Crippen LogP contribution is 2.09. The van der Waals surface area contributed by atoms with Gasteiger partial charge >= 0.3 is 0 Å². The molecule has 1 fully saturated rings. The molecule has 0 aromatic heterocycles. The number of carbonyl (C=O) groups is 1. The molecular formula is C15H23N3O2. The Morgan fingerprint density at radius 1 is 1.35 bits per heavy atom. The molecule has 1 saturated heterocycles. The van der Waals surface area contributed by atoms with Gasteiger partial charge in [0.15, 0.2) is 0 Å². The maximum Gasteiger partial charge on any atom is 0.251 e. The van der Waals surface area contributed by atoms with Crippen LogP contribution in [0.2, 0.25) is 0 Å². The van der Waals surface area contributed by atoms with E-state index in [0.717, 1.165) is 19.6 Å². The Morgan fingerprint density at radius 2 is 2.05 bits per heavy atom. The number of carbonyl (C=O) groups excluding carboxylic acids is 1. The number of nitrogens with zero attached hydrogens (tertiary/aromatic N) is 1. The number of hydrogen-bond donors (Lipinski definition) is 2. The Balaban J connectivity index is 1.95. The maximum absolute atomic E-state index is 12.2. The third kappa shape index (κ3) is 3.79. The first-order valence-corrected chi connectivity index (χ1v) is 6.88. The molecule has 1 aliphatic rings. The molecule has 2 atom stereocenters. The lowest BCUT2D eigenvalue weighted by molar-refractivity contribution is 0.0780. The van der Waals surface area contributed by atoms with Gasteiger partial charge in [0.05, 0.1) is 12.1 Å². The van der Waals surface area contributed by atoms with Gasteiger partial charge < -0.3 is 20.3 Å². The highest BCUT2D eigenvalue weighted by Gasteiger charge is 2.28. The van der Waals surface area contributed by atoms with Crippen LogP contribution in [0.3, 0.4) is 0 Å². The summed E-state index contributed by atoms with van der Waals surface area (Å²) in [5, 5.41) is 6.24. The first-order chi connectivity index (χ1) is 9.60. The second-order valence-corrected chi connectivity index (χ2v) is 5.45. The monoisotopic (exact) mass is 277 g/mol. The number of amides is 1. The molecule has 2 rings (SSSR count). The van der Waals surface area contributed by atoms with Crippen molar-refractivity contribution in [2.45, 2.75) is 18.7 Å². The van der Waals surface area contributed by atoms with E-state index in [9.17, 15) is 4.79 Å². The second-order valence-electron chi connectivity index (χ2n) is 5.45.